The maximum Gasteiger partial charge on any atom is 0.424 e. The summed E-state index contributed by atoms with van der Waals surface area (Å²) in [4.78, 5) is 26.1. The van der Waals surface area contributed by atoms with E-state index in [4.69, 9.17) is 9.47 Å². The summed E-state index contributed by atoms with van der Waals surface area (Å²) < 4.78 is 11.0. The zero-order valence-electron chi connectivity index (χ0n) is 26.3. The molecule has 2 aliphatic heterocycles. The third-order valence-electron chi connectivity index (χ3n) is 8.38. The number of piperidine rings is 2. The minimum absolute atomic E-state index is 0.108. The van der Waals surface area contributed by atoms with Crippen molar-refractivity contribution in [3.8, 4) is 0 Å². The van der Waals surface area contributed by atoms with E-state index in [9.17, 15) is 9.59 Å². The average molecular weight is 539 g/mol. The number of unbranched alkanes of at least 4 members (excludes halogenated alkanes) is 3. The maximum atomic E-state index is 13.1. The van der Waals surface area contributed by atoms with E-state index < -0.39 is 0 Å². The van der Waals surface area contributed by atoms with Crippen molar-refractivity contribution in [1.29, 1.82) is 0 Å². The minimum Gasteiger partial charge on any atom is -0.449 e. The fraction of sp³-hybridized carbons (Fsp3) is 0.933. The molecule has 0 atom stereocenters. The molecule has 2 amide bonds. The molecule has 0 aliphatic carbocycles. The number of carbonyl (C=O) groups excluding carboxylic acids is 2. The Bertz CT molecular complexity index is 684. The van der Waals surface area contributed by atoms with Crippen LogP contribution < -0.4 is 0 Å². The Morgan fingerprint density at radius 2 is 0.868 bits per heavy atom. The van der Waals surface area contributed by atoms with Gasteiger partial charge in [0.05, 0.1) is 13.2 Å². The minimum atomic E-state index is -0.251. The number of rotatable bonds is 11. The van der Waals surface area contributed by atoms with Gasteiger partial charge in [0.1, 0.15) is 0 Å². The predicted octanol–water partition coefficient (Wildman–Crippen LogP) is 7.38. The van der Waals surface area contributed by atoms with Gasteiger partial charge >= 0.3 is 12.2 Å². The Balaban J connectivity index is 2.02. The molecule has 0 aromatic rings. The Morgan fingerprint density at radius 1 is 0.579 bits per heavy atom. The van der Waals surface area contributed by atoms with E-state index in [-0.39, 0.29) is 34.3 Å². The van der Waals surface area contributed by atoms with Crippen LogP contribution in [0.15, 0.2) is 0 Å². The third kappa shape index (κ3) is 8.00. The summed E-state index contributed by atoms with van der Waals surface area (Å²) in [6.07, 6.45) is 9.78. The lowest BCUT2D eigenvalue weighted by atomic mass is 9.81. The molecule has 0 radical (unpaired) electrons. The summed E-state index contributed by atoms with van der Waals surface area (Å²) in [5.74, 6) is 0. The predicted molar refractivity (Wildman–Crippen MR) is 154 cm³/mol. The van der Waals surface area contributed by atoms with Crippen LogP contribution in [-0.4, -0.2) is 80.7 Å². The zero-order chi connectivity index (χ0) is 28.8. The zero-order valence-corrected chi connectivity index (χ0v) is 26.3. The van der Waals surface area contributed by atoms with Crippen LogP contribution in [0.2, 0.25) is 0 Å². The van der Waals surface area contributed by atoms with E-state index in [1.54, 1.807) is 0 Å². The van der Waals surface area contributed by atoms with Crippen LogP contribution in [0.5, 0.6) is 0 Å². The summed E-state index contributed by atoms with van der Waals surface area (Å²) in [7, 11) is 0. The Morgan fingerprint density at radius 3 is 1.13 bits per heavy atom. The van der Waals surface area contributed by atoms with Gasteiger partial charge in [-0.25, -0.2) is 29.6 Å². The van der Waals surface area contributed by atoms with Gasteiger partial charge in [0.25, 0.3) is 0 Å². The quantitative estimate of drug-likeness (QED) is 0.256. The normalized spacial score (nSPS) is 22.5. The van der Waals surface area contributed by atoms with E-state index in [1.165, 1.54) is 0 Å². The van der Waals surface area contributed by atoms with Crippen molar-refractivity contribution in [3.63, 3.8) is 0 Å². The van der Waals surface area contributed by atoms with Gasteiger partial charge in [-0.1, -0.05) is 12.8 Å². The number of ether oxygens (including phenoxy) is 2. The first-order chi connectivity index (χ1) is 17.6. The van der Waals surface area contributed by atoms with E-state index >= 15 is 0 Å². The number of carbonyl (C=O) groups is 2. The van der Waals surface area contributed by atoms with Crippen LogP contribution in [0.4, 0.5) is 9.59 Å². The Kier molecular flexibility index (Phi) is 11.4. The number of hydrogen-bond donors (Lipinski definition) is 0. The molecule has 0 spiro atoms. The molecule has 0 saturated carbocycles. The van der Waals surface area contributed by atoms with Gasteiger partial charge in [-0.3, -0.25) is 0 Å². The average Bonchev–Trinajstić information content (AvgIpc) is 2.77. The first-order valence-electron chi connectivity index (χ1n) is 15.1. The van der Waals surface area contributed by atoms with Crippen LogP contribution in [0.1, 0.15) is 133 Å². The molecule has 2 aliphatic rings. The smallest absolute Gasteiger partial charge is 0.424 e. The Hall–Kier alpha value is -1.54. The second-order valence-electron chi connectivity index (χ2n) is 13.6. The number of hydrogen-bond acceptors (Lipinski definition) is 6. The first-order valence-corrected chi connectivity index (χ1v) is 15.1. The topological polar surface area (TPSA) is 65.6 Å². The molecule has 0 bridgehead atoms. The highest BCUT2D eigenvalue weighted by Gasteiger charge is 2.47. The van der Waals surface area contributed by atoms with Crippen LogP contribution in [0, 0.1) is 0 Å². The second-order valence-corrected chi connectivity index (χ2v) is 13.6. The molecular weight excluding hydrogens is 480 g/mol. The van der Waals surface area contributed by atoms with E-state index in [1.807, 2.05) is 23.9 Å². The summed E-state index contributed by atoms with van der Waals surface area (Å²) in [5.41, 5.74) is -0.434. The van der Waals surface area contributed by atoms with Crippen molar-refractivity contribution in [2.75, 3.05) is 26.3 Å². The first kappa shape index (κ1) is 32.7. The van der Waals surface area contributed by atoms with Crippen LogP contribution in [-0.2, 0) is 9.47 Å². The molecule has 8 nitrogen and oxygen atoms in total. The van der Waals surface area contributed by atoms with E-state index in [0.29, 0.717) is 26.3 Å². The molecule has 38 heavy (non-hydrogen) atoms. The summed E-state index contributed by atoms with van der Waals surface area (Å²) >= 11 is 0. The molecule has 2 rings (SSSR count). The lowest BCUT2D eigenvalue weighted by Gasteiger charge is -2.56. The van der Waals surface area contributed by atoms with Gasteiger partial charge in [-0.15, -0.1) is 0 Å². The van der Waals surface area contributed by atoms with Gasteiger partial charge in [-0.2, -0.15) is 0 Å². The Labute approximate surface area is 233 Å². The summed E-state index contributed by atoms with van der Waals surface area (Å²) in [5, 5.41) is 8.30. The highest BCUT2D eigenvalue weighted by Crippen LogP contribution is 2.41. The highest BCUT2D eigenvalue weighted by molar-refractivity contribution is 5.67. The summed E-state index contributed by atoms with van der Waals surface area (Å²) in [6.45, 7) is 23.6. The van der Waals surface area contributed by atoms with Crippen molar-refractivity contribution in [1.82, 2.24) is 20.0 Å². The number of nitrogens with zero attached hydrogens (tertiary/aromatic N) is 4. The molecule has 0 aromatic heterocycles. The number of amides is 2. The van der Waals surface area contributed by atoms with Gasteiger partial charge in [-0.05, 0) is 121 Å². The van der Waals surface area contributed by atoms with Gasteiger partial charge < -0.3 is 9.47 Å². The molecular formula is C30H58N4O4. The van der Waals surface area contributed by atoms with E-state index in [0.717, 1.165) is 64.2 Å². The fourth-order valence-electron chi connectivity index (χ4n) is 7.10. The highest BCUT2D eigenvalue weighted by atomic mass is 16.6. The van der Waals surface area contributed by atoms with Crippen molar-refractivity contribution >= 4 is 12.2 Å². The number of hydrazine groups is 2. The SMILES string of the molecule is CCOC(=O)N(CCCCCCN(C(=O)OCC)N1C(C)(C)CCCC1(C)C)N1C(C)(C)CCCC1(C)C. The molecule has 2 fully saturated rings. The second kappa shape index (κ2) is 13.2. The fourth-order valence-corrected chi connectivity index (χ4v) is 7.10. The van der Waals surface area contributed by atoms with Crippen molar-refractivity contribution < 1.29 is 19.1 Å². The molecule has 0 unspecified atom stereocenters. The monoisotopic (exact) mass is 538 g/mol. The molecule has 2 heterocycles. The lowest BCUT2D eigenvalue weighted by molar-refractivity contribution is -0.168. The standard InChI is InChI=1S/C30H58N4O4/c1-11-37-25(35)31(33-27(3,4)19-17-20-28(33,5)6)23-15-13-14-16-24-32(26(36)38-12-2)34-29(7,8)21-18-22-30(34,9)10/h11-24H2,1-10H3. The van der Waals surface area contributed by atoms with Gasteiger partial charge in [0.2, 0.25) is 0 Å². The third-order valence-corrected chi connectivity index (χ3v) is 8.38. The molecule has 222 valence electrons. The van der Waals surface area contributed by atoms with Crippen molar-refractivity contribution in [2.24, 2.45) is 0 Å². The van der Waals surface area contributed by atoms with Crippen LogP contribution in [0.3, 0.4) is 0 Å². The summed E-state index contributed by atoms with van der Waals surface area (Å²) in [6, 6.07) is 0. The van der Waals surface area contributed by atoms with Crippen molar-refractivity contribution in [2.45, 2.75) is 156 Å². The van der Waals surface area contributed by atoms with Gasteiger partial charge in [0, 0.05) is 35.2 Å². The van der Waals surface area contributed by atoms with E-state index in [2.05, 4.69) is 65.4 Å². The molecule has 0 N–H and O–H groups in total. The van der Waals surface area contributed by atoms with Crippen molar-refractivity contribution in [3.05, 3.63) is 0 Å². The van der Waals surface area contributed by atoms with Gasteiger partial charge in [0.15, 0.2) is 0 Å². The van der Waals surface area contributed by atoms with Crippen LogP contribution in [0.25, 0.3) is 0 Å². The molecule has 0 aromatic carbocycles. The molecule has 2 saturated heterocycles. The largest absolute Gasteiger partial charge is 0.449 e. The lowest BCUT2D eigenvalue weighted by Crippen LogP contribution is -2.67. The van der Waals surface area contributed by atoms with Crippen LogP contribution >= 0.6 is 0 Å². The molecule has 8 heteroatoms. The maximum absolute atomic E-state index is 13.1.